The van der Waals surface area contributed by atoms with Crippen molar-refractivity contribution in [2.24, 2.45) is 0 Å². The zero-order valence-corrected chi connectivity index (χ0v) is 15.1. The van der Waals surface area contributed by atoms with Crippen LogP contribution in [0.4, 0.5) is 0 Å². The van der Waals surface area contributed by atoms with E-state index in [0.717, 1.165) is 5.76 Å². The molecule has 0 spiro atoms. The van der Waals surface area contributed by atoms with E-state index in [2.05, 4.69) is 39.3 Å². The number of hydrogen-bond acceptors (Lipinski definition) is 3. The summed E-state index contributed by atoms with van der Waals surface area (Å²) in [5.41, 5.74) is 0. The summed E-state index contributed by atoms with van der Waals surface area (Å²) in [4.78, 5) is 0. The number of ether oxygens (including phenoxy) is 1. The summed E-state index contributed by atoms with van der Waals surface area (Å²) in [6.45, 7) is 17.4. The average molecular weight is 289 g/mol. The van der Waals surface area contributed by atoms with Gasteiger partial charge in [-0.25, -0.2) is 0 Å². The third-order valence-corrected chi connectivity index (χ3v) is 3.32. The first-order valence-corrected chi connectivity index (χ1v) is 13.3. The van der Waals surface area contributed by atoms with Crippen LogP contribution in [0.15, 0.2) is 23.9 Å². The molecule has 0 saturated heterocycles. The Kier molecular flexibility index (Phi) is 6.77. The van der Waals surface area contributed by atoms with Gasteiger partial charge in [0.1, 0.15) is 5.76 Å². The summed E-state index contributed by atoms with van der Waals surface area (Å²) in [5.74, 6) is 1.40. The van der Waals surface area contributed by atoms with E-state index >= 15 is 0 Å². The molecule has 0 unspecified atom stereocenters. The highest BCUT2D eigenvalue weighted by Crippen LogP contribution is 2.17. The maximum atomic E-state index is 5.96. The van der Waals surface area contributed by atoms with Gasteiger partial charge in [-0.05, 0) is 59.2 Å². The van der Waals surface area contributed by atoms with Gasteiger partial charge in [0.2, 0.25) is 16.6 Å². The minimum Gasteiger partial charge on any atom is -0.544 e. The first-order chi connectivity index (χ1) is 8.07. The molecule has 106 valence electrons. The fourth-order valence-corrected chi connectivity index (χ4v) is 2.79. The van der Waals surface area contributed by atoms with Crippen molar-refractivity contribution in [1.29, 1.82) is 0 Å². The van der Waals surface area contributed by atoms with Crippen LogP contribution in [0.5, 0.6) is 0 Å². The van der Waals surface area contributed by atoms with E-state index in [-0.39, 0.29) is 0 Å². The molecule has 0 aliphatic heterocycles. The summed E-state index contributed by atoms with van der Waals surface area (Å²) in [6.07, 6.45) is 3.81. The summed E-state index contributed by atoms with van der Waals surface area (Å²) < 4.78 is 17.4. The van der Waals surface area contributed by atoms with Crippen LogP contribution < -0.4 is 0 Å². The Labute approximate surface area is 114 Å². The van der Waals surface area contributed by atoms with Crippen molar-refractivity contribution in [1.82, 2.24) is 0 Å². The van der Waals surface area contributed by atoms with E-state index < -0.39 is 16.6 Å². The van der Waals surface area contributed by atoms with E-state index in [1.165, 1.54) is 0 Å². The Morgan fingerprint density at radius 3 is 1.78 bits per heavy atom. The molecule has 0 aromatic heterocycles. The molecule has 0 aliphatic rings. The van der Waals surface area contributed by atoms with E-state index in [0.29, 0.717) is 12.6 Å². The predicted octanol–water partition coefficient (Wildman–Crippen LogP) is 4.47. The molecular formula is C13H28O3Si2. The van der Waals surface area contributed by atoms with E-state index in [1.807, 2.05) is 26.0 Å². The van der Waals surface area contributed by atoms with Crippen LogP contribution in [-0.4, -0.2) is 23.2 Å². The zero-order chi connectivity index (χ0) is 14.4. The summed E-state index contributed by atoms with van der Waals surface area (Å²) in [6, 6.07) is 0. The smallest absolute Gasteiger partial charge is 0.268 e. The SMILES string of the molecule is C/C=C(/C=C(\OCC)O[Si](C)(C)C)O[Si](C)(C)C. The molecule has 0 aliphatic carbocycles. The van der Waals surface area contributed by atoms with Crippen molar-refractivity contribution in [3.63, 3.8) is 0 Å². The molecule has 3 nitrogen and oxygen atoms in total. The molecule has 0 N–H and O–H groups in total. The monoisotopic (exact) mass is 288 g/mol. The minimum absolute atomic E-state index is 0.572. The second-order valence-corrected chi connectivity index (χ2v) is 14.9. The third-order valence-electron chi connectivity index (χ3n) is 1.66. The van der Waals surface area contributed by atoms with Crippen LogP contribution in [-0.2, 0) is 13.6 Å². The lowest BCUT2D eigenvalue weighted by Gasteiger charge is -2.23. The summed E-state index contributed by atoms with van der Waals surface area (Å²) in [5, 5.41) is 0. The Morgan fingerprint density at radius 1 is 0.944 bits per heavy atom. The van der Waals surface area contributed by atoms with E-state index in [4.69, 9.17) is 13.6 Å². The van der Waals surface area contributed by atoms with Crippen LogP contribution >= 0.6 is 0 Å². The average Bonchev–Trinajstić information content (AvgIpc) is 2.12. The van der Waals surface area contributed by atoms with E-state index in [1.54, 1.807) is 0 Å². The van der Waals surface area contributed by atoms with Crippen LogP contribution in [0, 0.1) is 0 Å². The van der Waals surface area contributed by atoms with Gasteiger partial charge in [-0.3, -0.25) is 0 Å². The molecule has 0 rings (SSSR count). The van der Waals surface area contributed by atoms with Crippen molar-refractivity contribution in [2.75, 3.05) is 6.61 Å². The van der Waals surface area contributed by atoms with Crippen LogP contribution in [0.25, 0.3) is 0 Å². The summed E-state index contributed by atoms with van der Waals surface area (Å²) in [7, 11) is -3.26. The Morgan fingerprint density at radius 2 is 1.44 bits per heavy atom. The first-order valence-electron chi connectivity index (χ1n) is 6.46. The molecule has 0 fully saturated rings. The van der Waals surface area contributed by atoms with E-state index in [9.17, 15) is 0 Å². The highest BCUT2D eigenvalue weighted by molar-refractivity contribution is 6.70. The molecule has 0 radical (unpaired) electrons. The zero-order valence-electron chi connectivity index (χ0n) is 13.1. The first kappa shape index (κ1) is 17.3. The lowest BCUT2D eigenvalue weighted by Crippen LogP contribution is -2.27. The minimum atomic E-state index is -1.66. The maximum absolute atomic E-state index is 5.96. The van der Waals surface area contributed by atoms with Gasteiger partial charge in [-0.2, -0.15) is 0 Å². The van der Waals surface area contributed by atoms with Crippen molar-refractivity contribution in [2.45, 2.75) is 53.1 Å². The highest BCUT2D eigenvalue weighted by Gasteiger charge is 2.21. The van der Waals surface area contributed by atoms with Crippen molar-refractivity contribution in [3.8, 4) is 0 Å². The number of allylic oxidation sites excluding steroid dienone is 2. The normalized spacial score (nSPS) is 14.4. The largest absolute Gasteiger partial charge is 0.544 e. The Hall–Kier alpha value is -0.686. The van der Waals surface area contributed by atoms with Crippen LogP contribution in [0.1, 0.15) is 13.8 Å². The van der Waals surface area contributed by atoms with Crippen molar-refractivity contribution in [3.05, 3.63) is 23.9 Å². The summed E-state index contributed by atoms with van der Waals surface area (Å²) >= 11 is 0. The number of hydrogen-bond donors (Lipinski definition) is 0. The second kappa shape index (κ2) is 7.04. The van der Waals surface area contributed by atoms with Gasteiger partial charge in [0.25, 0.3) is 5.95 Å². The topological polar surface area (TPSA) is 27.7 Å². The molecule has 0 bridgehead atoms. The highest BCUT2D eigenvalue weighted by atomic mass is 28.4. The van der Waals surface area contributed by atoms with Gasteiger partial charge >= 0.3 is 0 Å². The molecule has 5 heteroatoms. The molecule has 0 saturated carbocycles. The standard InChI is InChI=1S/C13H28O3Si2/c1-9-12(15-17(3,4)5)11-13(14-10-2)16-18(6,7)8/h9,11H,10H2,1-8H3/b12-9-,13-11+. The van der Waals surface area contributed by atoms with Gasteiger partial charge in [0, 0.05) is 0 Å². The fourth-order valence-electron chi connectivity index (χ4n) is 1.19. The van der Waals surface area contributed by atoms with Crippen molar-refractivity contribution < 1.29 is 13.6 Å². The molecule has 0 aromatic carbocycles. The molecule has 18 heavy (non-hydrogen) atoms. The molecular weight excluding hydrogens is 260 g/mol. The second-order valence-electron chi connectivity index (χ2n) is 6.02. The number of rotatable bonds is 7. The maximum Gasteiger partial charge on any atom is 0.268 e. The quantitative estimate of drug-likeness (QED) is 0.393. The molecule has 0 heterocycles. The van der Waals surface area contributed by atoms with Crippen molar-refractivity contribution >= 4 is 16.6 Å². The lowest BCUT2D eigenvalue weighted by atomic mass is 10.4. The van der Waals surface area contributed by atoms with Gasteiger partial charge in [0.15, 0.2) is 0 Å². The third kappa shape index (κ3) is 9.35. The Balaban J connectivity index is 4.91. The molecule has 0 aromatic rings. The van der Waals surface area contributed by atoms with Gasteiger partial charge in [-0.15, -0.1) is 0 Å². The van der Waals surface area contributed by atoms with Gasteiger partial charge in [-0.1, -0.05) is 0 Å². The Bertz CT molecular complexity index is 309. The van der Waals surface area contributed by atoms with Crippen LogP contribution in [0.2, 0.25) is 39.3 Å². The van der Waals surface area contributed by atoms with Crippen LogP contribution in [0.3, 0.4) is 0 Å². The van der Waals surface area contributed by atoms with Gasteiger partial charge < -0.3 is 13.6 Å². The molecule has 0 amide bonds. The predicted molar refractivity (Wildman–Crippen MR) is 82.3 cm³/mol. The molecule has 0 atom stereocenters. The van der Waals surface area contributed by atoms with Gasteiger partial charge in [0.05, 0.1) is 12.7 Å². The fraction of sp³-hybridized carbons (Fsp3) is 0.692. The lowest BCUT2D eigenvalue weighted by molar-refractivity contribution is 0.111.